The highest BCUT2D eigenvalue weighted by Gasteiger charge is 2.13. The monoisotopic (exact) mass is 229 g/mol. The van der Waals surface area contributed by atoms with E-state index in [1.807, 2.05) is 7.05 Å². The van der Waals surface area contributed by atoms with Crippen LogP contribution in [-0.4, -0.2) is 18.9 Å². The van der Waals surface area contributed by atoms with Gasteiger partial charge >= 0.3 is 0 Å². The summed E-state index contributed by atoms with van der Waals surface area (Å²) in [5, 5.41) is 3.06. The molecule has 0 aliphatic heterocycles. The van der Waals surface area contributed by atoms with Gasteiger partial charge in [-0.1, -0.05) is 30.4 Å². The minimum absolute atomic E-state index is 0.0689. The molecule has 0 saturated carbocycles. The van der Waals surface area contributed by atoms with E-state index in [1.165, 1.54) is 16.7 Å². The normalized spacial score (nSPS) is 15.4. The molecule has 1 atom stereocenters. The third-order valence-corrected chi connectivity index (χ3v) is 3.37. The Morgan fingerprint density at radius 1 is 1.47 bits per heavy atom. The summed E-state index contributed by atoms with van der Waals surface area (Å²) in [6, 6.07) is 6.48. The predicted molar refractivity (Wildman–Crippen MR) is 71.0 cm³/mol. The molecule has 0 amide bonds. The number of hydrogen-bond donors (Lipinski definition) is 1. The van der Waals surface area contributed by atoms with Crippen molar-refractivity contribution < 1.29 is 4.79 Å². The third kappa shape index (κ3) is 2.83. The summed E-state index contributed by atoms with van der Waals surface area (Å²) < 4.78 is 0. The van der Waals surface area contributed by atoms with Crippen LogP contribution in [0.4, 0.5) is 0 Å². The molecule has 2 heteroatoms. The van der Waals surface area contributed by atoms with E-state index in [9.17, 15) is 4.79 Å². The van der Waals surface area contributed by atoms with E-state index in [1.54, 1.807) is 6.92 Å². The zero-order valence-corrected chi connectivity index (χ0v) is 10.5. The molecule has 1 aromatic carbocycles. The van der Waals surface area contributed by atoms with Crippen LogP contribution >= 0.6 is 0 Å². The Morgan fingerprint density at radius 3 is 3.00 bits per heavy atom. The molecule has 2 rings (SSSR count). The largest absolute Gasteiger partial charge is 0.310 e. The van der Waals surface area contributed by atoms with Crippen molar-refractivity contribution >= 4 is 11.9 Å². The molecule has 0 unspecified atom stereocenters. The fraction of sp³-hybridized carbons (Fsp3) is 0.400. The van der Waals surface area contributed by atoms with Crippen LogP contribution in [0.1, 0.15) is 30.0 Å². The summed E-state index contributed by atoms with van der Waals surface area (Å²) in [6.45, 7) is 1.64. The second kappa shape index (κ2) is 5.28. The Morgan fingerprint density at radius 2 is 2.29 bits per heavy atom. The maximum atomic E-state index is 11.4. The van der Waals surface area contributed by atoms with Crippen molar-refractivity contribution in [2.24, 2.45) is 0 Å². The zero-order valence-electron chi connectivity index (χ0n) is 10.5. The van der Waals surface area contributed by atoms with Gasteiger partial charge in [0.05, 0.1) is 6.04 Å². The third-order valence-electron chi connectivity index (χ3n) is 3.37. The lowest BCUT2D eigenvalue weighted by atomic mass is 9.93. The van der Waals surface area contributed by atoms with E-state index in [0.717, 1.165) is 19.3 Å². The molecule has 2 nitrogen and oxygen atoms in total. The number of carbonyl (C=O) groups excluding carboxylic acids is 1. The number of likely N-dealkylation sites (N-methyl/N-ethyl adjacent to an activating group) is 1. The first-order chi connectivity index (χ1) is 8.20. The number of Topliss-reactive ketones (excluding diaryl/α,β-unsaturated/α-hetero) is 1. The van der Waals surface area contributed by atoms with Gasteiger partial charge in [0.15, 0.2) is 0 Å². The fourth-order valence-electron chi connectivity index (χ4n) is 2.29. The van der Waals surface area contributed by atoms with E-state index < -0.39 is 0 Å². The summed E-state index contributed by atoms with van der Waals surface area (Å²) in [6.07, 6.45) is 7.44. The van der Waals surface area contributed by atoms with Gasteiger partial charge in [0.1, 0.15) is 5.78 Å². The Kier molecular flexibility index (Phi) is 3.75. The van der Waals surface area contributed by atoms with Crippen molar-refractivity contribution in [3.63, 3.8) is 0 Å². The molecule has 0 heterocycles. The van der Waals surface area contributed by atoms with Crippen LogP contribution in [0.15, 0.2) is 24.3 Å². The number of aryl methyl sites for hydroxylation is 1. The van der Waals surface area contributed by atoms with E-state index in [-0.39, 0.29) is 11.8 Å². The van der Waals surface area contributed by atoms with E-state index in [2.05, 4.69) is 35.7 Å². The molecule has 0 radical (unpaired) electrons. The van der Waals surface area contributed by atoms with Crippen molar-refractivity contribution in [2.75, 3.05) is 7.05 Å². The van der Waals surface area contributed by atoms with Crippen molar-refractivity contribution in [2.45, 2.75) is 32.2 Å². The number of allylic oxidation sites excluding steroid dienone is 1. The Balaban J connectivity index is 2.18. The molecule has 0 saturated heterocycles. The molecular formula is C15H19NO. The van der Waals surface area contributed by atoms with Crippen LogP contribution in [0.25, 0.3) is 6.08 Å². The van der Waals surface area contributed by atoms with E-state index in [4.69, 9.17) is 0 Å². The minimum Gasteiger partial charge on any atom is -0.310 e. The zero-order chi connectivity index (χ0) is 12.3. The minimum atomic E-state index is -0.0689. The number of rotatable bonds is 4. The molecular weight excluding hydrogens is 210 g/mol. The summed E-state index contributed by atoms with van der Waals surface area (Å²) in [4.78, 5) is 11.4. The molecule has 17 heavy (non-hydrogen) atoms. The topological polar surface area (TPSA) is 29.1 Å². The van der Waals surface area contributed by atoms with E-state index in [0.29, 0.717) is 0 Å². The molecule has 0 fully saturated rings. The number of hydrogen-bond acceptors (Lipinski definition) is 2. The van der Waals surface area contributed by atoms with Crippen LogP contribution in [-0.2, 0) is 17.6 Å². The first-order valence-corrected chi connectivity index (χ1v) is 6.17. The first kappa shape index (κ1) is 12.1. The first-order valence-electron chi connectivity index (χ1n) is 6.17. The summed E-state index contributed by atoms with van der Waals surface area (Å²) in [7, 11) is 1.84. The van der Waals surface area contributed by atoms with Crippen molar-refractivity contribution in [3.8, 4) is 0 Å². The highest BCUT2D eigenvalue weighted by atomic mass is 16.1. The lowest BCUT2D eigenvalue weighted by Crippen LogP contribution is -2.34. The van der Waals surface area contributed by atoms with Crippen LogP contribution in [0.2, 0.25) is 0 Å². The van der Waals surface area contributed by atoms with Crippen molar-refractivity contribution in [3.05, 3.63) is 41.0 Å². The number of carbonyl (C=O) groups is 1. The van der Waals surface area contributed by atoms with Gasteiger partial charge in [0, 0.05) is 0 Å². The predicted octanol–water partition coefficient (Wildman–Crippen LogP) is 2.37. The Bertz CT molecular complexity index is 448. The van der Waals surface area contributed by atoms with Gasteiger partial charge in [-0.05, 0) is 49.9 Å². The van der Waals surface area contributed by atoms with Crippen molar-refractivity contribution in [1.29, 1.82) is 0 Å². The lowest BCUT2D eigenvalue weighted by Gasteiger charge is -2.15. The number of fused-ring (bicyclic) bond motifs is 1. The lowest BCUT2D eigenvalue weighted by molar-refractivity contribution is -0.118. The Labute approximate surface area is 103 Å². The molecule has 0 bridgehead atoms. The van der Waals surface area contributed by atoms with Crippen molar-refractivity contribution in [1.82, 2.24) is 5.32 Å². The average molecular weight is 229 g/mol. The maximum absolute atomic E-state index is 11.4. The molecule has 1 aliphatic rings. The molecule has 1 aromatic rings. The van der Waals surface area contributed by atoms with Crippen LogP contribution < -0.4 is 5.32 Å². The highest BCUT2D eigenvalue weighted by molar-refractivity contribution is 5.81. The van der Waals surface area contributed by atoms with Gasteiger partial charge in [-0.15, -0.1) is 0 Å². The van der Waals surface area contributed by atoms with Gasteiger partial charge in [-0.3, -0.25) is 4.79 Å². The van der Waals surface area contributed by atoms with Gasteiger partial charge in [0.2, 0.25) is 0 Å². The molecule has 1 aliphatic carbocycles. The Hall–Kier alpha value is -1.41. The molecule has 0 spiro atoms. The van der Waals surface area contributed by atoms with E-state index >= 15 is 0 Å². The second-order valence-electron chi connectivity index (χ2n) is 4.63. The average Bonchev–Trinajstić information content (AvgIpc) is 2.35. The maximum Gasteiger partial charge on any atom is 0.147 e. The number of nitrogens with one attached hydrogen (secondary N) is 1. The SMILES string of the molecule is CN[C@@H](Cc1ccc2c(c1)C=CCC2)C(C)=O. The highest BCUT2D eigenvalue weighted by Crippen LogP contribution is 2.21. The summed E-state index contributed by atoms with van der Waals surface area (Å²) in [5.41, 5.74) is 3.96. The van der Waals surface area contributed by atoms with Gasteiger partial charge in [0.25, 0.3) is 0 Å². The smallest absolute Gasteiger partial charge is 0.147 e. The summed E-state index contributed by atoms with van der Waals surface area (Å²) >= 11 is 0. The molecule has 90 valence electrons. The van der Waals surface area contributed by atoms with Crippen LogP contribution in [0.5, 0.6) is 0 Å². The molecule has 1 N–H and O–H groups in total. The number of ketones is 1. The van der Waals surface area contributed by atoms with Gasteiger partial charge < -0.3 is 5.32 Å². The van der Waals surface area contributed by atoms with Crippen LogP contribution in [0.3, 0.4) is 0 Å². The standard InChI is InChI=1S/C15H19NO/c1-11(17)15(16-2)10-12-7-8-13-5-3-4-6-14(13)9-12/h4,6-9,15-16H,3,5,10H2,1-2H3/t15-/m0/s1. The quantitative estimate of drug-likeness (QED) is 0.858. The fourth-order valence-corrected chi connectivity index (χ4v) is 2.29. The number of benzene rings is 1. The molecule has 0 aromatic heterocycles. The summed E-state index contributed by atoms with van der Waals surface area (Å²) in [5.74, 6) is 0.195. The van der Waals surface area contributed by atoms with Gasteiger partial charge in [-0.25, -0.2) is 0 Å². The van der Waals surface area contributed by atoms with Gasteiger partial charge in [-0.2, -0.15) is 0 Å². The van der Waals surface area contributed by atoms with Crippen LogP contribution in [0, 0.1) is 0 Å². The second-order valence-corrected chi connectivity index (χ2v) is 4.63.